The summed E-state index contributed by atoms with van der Waals surface area (Å²) in [6.45, 7) is 12.1. The quantitative estimate of drug-likeness (QED) is 0.658. The topological polar surface area (TPSA) is 50.4 Å². The third-order valence-electron chi connectivity index (χ3n) is 2.24. The number of nitrogens with one attached hydrogen (secondary N) is 2. The minimum atomic E-state index is -0.165. The summed E-state index contributed by atoms with van der Waals surface area (Å²) in [6.07, 6.45) is 0.144. The molecule has 4 heteroatoms. The molecule has 1 amide bonds. The van der Waals surface area contributed by atoms with Crippen LogP contribution in [0.1, 0.15) is 34.6 Å². The Morgan fingerprint density at radius 3 is 2.31 bits per heavy atom. The molecule has 2 N–H and O–H groups in total. The van der Waals surface area contributed by atoms with Crippen LogP contribution in [0.4, 0.5) is 0 Å². The lowest BCUT2D eigenvalue weighted by atomic mass is 10.2. The zero-order valence-electron chi connectivity index (χ0n) is 11.2. The van der Waals surface area contributed by atoms with Crippen molar-refractivity contribution in [3.63, 3.8) is 0 Å². The van der Waals surface area contributed by atoms with Crippen molar-refractivity contribution in [2.75, 3.05) is 19.7 Å². The Kier molecular flexibility index (Phi) is 8.21. The molecule has 0 aliphatic carbocycles. The van der Waals surface area contributed by atoms with Crippen LogP contribution in [0.2, 0.25) is 0 Å². The average molecular weight is 230 g/mol. The van der Waals surface area contributed by atoms with Crippen molar-refractivity contribution >= 4 is 5.91 Å². The zero-order valence-corrected chi connectivity index (χ0v) is 11.2. The van der Waals surface area contributed by atoms with Gasteiger partial charge in [0.1, 0.15) is 0 Å². The van der Waals surface area contributed by atoms with Crippen LogP contribution in [0.15, 0.2) is 0 Å². The van der Waals surface area contributed by atoms with E-state index in [0.29, 0.717) is 19.1 Å². The average Bonchev–Trinajstić information content (AvgIpc) is 2.22. The first-order valence-corrected chi connectivity index (χ1v) is 6.10. The van der Waals surface area contributed by atoms with Crippen molar-refractivity contribution in [3.05, 3.63) is 0 Å². The normalized spacial score (nSPS) is 14.9. The molecular weight excluding hydrogens is 204 g/mol. The van der Waals surface area contributed by atoms with Gasteiger partial charge >= 0.3 is 0 Å². The fourth-order valence-electron chi connectivity index (χ4n) is 1.24. The first kappa shape index (κ1) is 15.4. The molecule has 0 bridgehead atoms. The van der Waals surface area contributed by atoms with E-state index >= 15 is 0 Å². The van der Waals surface area contributed by atoms with Crippen molar-refractivity contribution in [2.24, 2.45) is 5.92 Å². The molecule has 0 heterocycles. The van der Waals surface area contributed by atoms with E-state index in [1.807, 2.05) is 20.8 Å². The van der Waals surface area contributed by atoms with E-state index in [1.165, 1.54) is 0 Å². The molecule has 16 heavy (non-hydrogen) atoms. The summed E-state index contributed by atoms with van der Waals surface area (Å²) in [6, 6.07) is -0.165. The number of rotatable bonds is 8. The summed E-state index contributed by atoms with van der Waals surface area (Å²) in [7, 11) is 0. The molecule has 96 valence electrons. The van der Waals surface area contributed by atoms with Gasteiger partial charge in [0.25, 0.3) is 0 Å². The van der Waals surface area contributed by atoms with Crippen molar-refractivity contribution in [1.29, 1.82) is 0 Å². The van der Waals surface area contributed by atoms with E-state index in [-0.39, 0.29) is 18.1 Å². The number of carbonyl (C=O) groups excluding carboxylic acids is 1. The van der Waals surface area contributed by atoms with Crippen LogP contribution >= 0.6 is 0 Å². The van der Waals surface area contributed by atoms with Crippen LogP contribution in [-0.4, -0.2) is 37.7 Å². The summed E-state index contributed by atoms with van der Waals surface area (Å²) < 4.78 is 5.38. The van der Waals surface area contributed by atoms with Gasteiger partial charge in [0.15, 0.2) is 0 Å². The second-order valence-corrected chi connectivity index (χ2v) is 4.53. The van der Waals surface area contributed by atoms with Gasteiger partial charge in [0.2, 0.25) is 5.91 Å². The van der Waals surface area contributed by atoms with Crippen LogP contribution < -0.4 is 10.6 Å². The van der Waals surface area contributed by atoms with Crippen molar-refractivity contribution in [2.45, 2.75) is 46.8 Å². The van der Waals surface area contributed by atoms with Crippen LogP contribution in [0, 0.1) is 5.92 Å². The highest BCUT2D eigenvalue weighted by Crippen LogP contribution is 1.91. The van der Waals surface area contributed by atoms with Gasteiger partial charge in [-0.3, -0.25) is 4.79 Å². The fraction of sp³-hybridized carbons (Fsp3) is 0.917. The van der Waals surface area contributed by atoms with E-state index < -0.39 is 0 Å². The van der Waals surface area contributed by atoms with E-state index in [9.17, 15) is 4.79 Å². The maximum atomic E-state index is 11.6. The van der Waals surface area contributed by atoms with E-state index in [1.54, 1.807) is 0 Å². The Hall–Kier alpha value is -0.610. The van der Waals surface area contributed by atoms with Crippen molar-refractivity contribution < 1.29 is 9.53 Å². The van der Waals surface area contributed by atoms with E-state index in [4.69, 9.17) is 4.74 Å². The Morgan fingerprint density at radius 1 is 1.19 bits per heavy atom. The van der Waals surface area contributed by atoms with E-state index in [2.05, 4.69) is 24.5 Å². The maximum absolute atomic E-state index is 11.6. The van der Waals surface area contributed by atoms with Gasteiger partial charge in [-0.2, -0.15) is 0 Å². The molecule has 2 unspecified atom stereocenters. The molecular formula is C12H26N2O2. The predicted molar refractivity (Wildman–Crippen MR) is 66.4 cm³/mol. The lowest BCUT2D eigenvalue weighted by molar-refractivity contribution is -0.123. The van der Waals surface area contributed by atoms with Crippen LogP contribution in [0.5, 0.6) is 0 Å². The Balaban J connectivity index is 3.70. The second-order valence-electron chi connectivity index (χ2n) is 4.53. The fourth-order valence-corrected chi connectivity index (χ4v) is 1.24. The minimum absolute atomic E-state index is 0.0531. The van der Waals surface area contributed by atoms with Crippen LogP contribution in [0.3, 0.4) is 0 Å². The highest BCUT2D eigenvalue weighted by atomic mass is 16.5. The summed E-state index contributed by atoms with van der Waals surface area (Å²) in [5.41, 5.74) is 0. The predicted octanol–water partition coefficient (Wildman–Crippen LogP) is 1.16. The van der Waals surface area contributed by atoms with Gasteiger partial charge in [0.05, 0.1) is 12.1 Å². The molecule has 0 saturated heterocycles. The summed E-state index contributed by atoms with van der Waals surface area (Å²) >= 11 is 0. The first-order valence-electron chi connectivity index (χ1n) is 6.10. The standard InChI is InChI=1S/C12H26N2O2/c1-6-16-10(4)8-13-11(5)12(15)14-7-9(2)3/h9-11,13H,6-8H2,1-5H3,(H,14,15). The smallest absolute Gasteiger partial charge is 0.236 e. The van der Waals surface area contributed by atoms with Crippen LogP contribution in [-0.2, 0) is 9.53 Å². The lowest BCUT2D eigenvalue weighted by Gasteiger charge is -2.18. The molecule has 0 rings (SSSR count). The highest BCUT2D eigenvalue weighted by Gasteiger charge is 2.13. The molecule has 0 aliphatic rings. The Bertz CT molecular complexity index is 195. The summed E-state index contributed by atoms with van der Waals surface area (Å²) in [5.74, 6) is 0.538. The van der Waals surface area contributed by atoms with E-state index in [0.717, 1.165) is 6.54 Å². The van der Waals surface area contributed by atoms with Gasteiger partial charge in [0, 0.05) is 19.7 Å². The summed E-state index contributed by atoms with van der Waals surface area (Å²) in [5, 5.41) is 6.05. The Labute approximate surface area is 99.1 Å². The third-order valence-corrected chi connectivity index (χ3v) is 2.24. The van der Waals surface area contributed by atoms with Gasteiger partial charge in [-0.25, -0.2) is 0 Å². The van der Waals surface area contributed by atoms with Gasteiger partial charge in [-0.1, -0.05) is 13.8 Å². The lowest BCUT2D eigenvalue weighted by Crippen LogP contribution is -2.45. The number of hydrogen-bond donors (Lipinski definition) is 2. The second kappa shape index (κ2) is 8.53. The molecule has 0 radical (unpaired) electrons. The molecule has 0 spiro atoms. The molecule has 0 aromatic rings. The van der Waals surface area contributed by atoms with Gasteiger partial charge in [-0.15, -0.1) is 0 Å². The Morgan fingerprint density at radius 2 is 1.81 bits per heavy atom. The summed E-state index contributed by atoms with van der Waals surface area (Å²) in [4.78, 5) is 11.6. The molecule has 0 fully saturated rings. The van der Waals surface area contributed by atoms with Gasteiger partial charge in [-0.05, 0) is 26.7 Å². The maximum Gasteiger partial charge on any atom is 0.236 e. The van der Waals surface area contributed by atoms with Crippen molar-refractivity contribution in [1.82, 2.24) is 10.6 Å². The van der Waals surface area contributed by atoms with Gasteiger partial charge < -0.3 is 15.4 Å². The van der Waals surface area contributed by atoms with Crippen LogP contribution in [0.25, 0.3) is 0 Å². The molecule has 2 atom stereocenters. The highest BCUT2D eigenvalue weighted by molar-refractivity contribution is 5.81. The third kappa shape index (κ3) is 7.65. The molecule has 0 aromatic carbocycles. The largest absolute Gasteiger partial charge is 0.377 e. The number of ether oxygens (including phenoxy) is 1. The first-order chi connectivity index (χ1) is 7.47. The minimum Gasteiger partial charge on any atom is -0.377 e. The number of hydrogen-bond acceptors (Lipinski definition) is 3. The number of carbonyl (C=O) groups is 1. The zero-order chi connectivity index (χ0) is 12.6. The SMILES string of the molecule is CCOC(C)CNC(C)C(=O)NCC(C)C. The molecule has 0 aliphatic heterocycles. The van der Waals surface area contributed by atoms with Crippen molar-refractivity contribution in [3.8, 4) is 0 Å². The number of amides is 1. The molecule has 0 saturated carbocycles. The molecule has 0 aromatic heterocycles. The molecule has 4 nitrogen and oxygen atoms in total. The monoisotopic (exact) mass is 230 g/mol.